The molecule has 2 amide bonds. The number of nitrogens with one attached hydrogen (secondary N) is 1. The molecule has 2 aliphatic rings. The second kappa shape index (κ2) is 10.00. The van der Waals surface area contributed by atoms with E-state index in [1.165, 1.54) is 16.9 Å². The molecule has 0 saturated carbocycles. The highest BCUT2D eigenvalue weighted by atomic mass is 79.9. The highest BCUT2D eigenvalue weighted by Gasteiger charge is 2.35. The van der Waals surface area contributed by atoms with Crippen molar-refractivity contribution in [3.8, 4) is 5.00 Å². The van der Waals surface area contributed by atoms with Crippen molar-refractivity contribution in [2.24, 2.45) is 0 Å². The average molecular weight is 599 g/mol. The van der Waals surface area contributed by atoms with Gasteiger partial charge in [0.1, 0.15) is 10.6 Å². The van der Waals surface area contributed by atoms with Crippen LogP contribution < -0.4 is 10.2 Å². The molecule has 1 aliphatic heterocycles. The Hall–Kier alpha value is -3.08. The van der Waals surface area contributed by atoms with Gasteiger partial charge in [0, 0.05) is 20.7 Å². The van der Waals surface area contributed by atoms with E-state index < -0.39 is 11.8 Å². The van der Waals surface area contributed by atoms with Gasteiger partial charge in [-0.1, -0.05) is 15.9 Å². The third-order valence-electron chi connectivity index (χ3n) is 6.70. The lowest BCUT2D eigenvalue weighted by atomic mass is 9.95. The number of fused-ring (bicyclic) bond motifs is 1. The van der Waals surface area contributed by atoms with E-state index >= 15 is 0 Å². The van der Waals surface area contributed by atoms with Crippen LogP contribution >= 0.6 is 39.5 Å². The number of nitrogens with zero attached hydrogens (tertiary/aromatic N) is 2. The summed E-state index contributed by atoms with van der Waals surface area (Å²) >= 11 is 10.3. The van der Waals surface area contributed by atoms with Crippen LogP contribution in [-0.4, -0.2) is 34.6 Å². The highest BCUT2D eigenvalue weighted by Crippen LogP contribution is 2.39. The largest absolute Gasteiger partial charge is 0.465 e. The fourth-order valence-electron chi connectivity index (χ4n) is 4.91. The van der Waals surface area contributed by atoms with Crippen molar-refractivity contribution in [2.75, 3.05) is 12.0 Å². The van der Waals surface area contributed by atoms with Gasteiger partial charge in [-0.25, -0.2) is 4.79 Å². The molecule has 2 aromatic heterocycles. The van der Waals surface area contributed by atoms with Gasteiger partial charge < -0.3 is 9.30 Å². The molecule has 1 aliphatic carbocycles. The maximum Gasteiger partial charge on any atom is 0.341 e. The van der Waals surface area contributed by atoms with Crippen molar-refractivity contribution in [3.05, 3.63) is 73.3 Å². The number of carbonyl (C=O) groups excluding carboxylic acids is 3. The third-order valence-corrected chi connectivity index (χ3v) is 8.79. The van der Waals surface area contributed by atoms with Crippen molar-refractivity contribution < 1.29 is 19.1 Å². The van der Waals surface area contributed by atoms with Gasteiger partial charge in [0.25, 0.3) is 11.8 Å². The van der Waals surface area contributed by atoms with Gasteiger partial charge in [0.05, 0.1) is 18.4 Å². The maximum absolute atomic E-state index is 13.5. The highest BCUT2D eigenvalue weighted by molar-refractivity contribution is 9.10. The van der Waals surface area contributed by atoms with E-state index in [1.54, 1.807) is 41.7 Å². The summed E-state index contributed by atoms with van der Waals surface area (Å²) < 4.78 is 8.03. The van der Waals surface area contributed by atoms with E-state index in [2.05, 4.69) is 21.2 Å². The summed E-state index contributed by atoms with van der Waals surface area (Å²) in [5, 5.41) is 3.48. The fourth-order valence-corrected chi connectivity index (χ4v) is 6.94. The quantitative estimate of drug-likeness (QED) is 0.188. The normalized spacial score (nSPS) is 16.7. The number of aryl methyl sites for hydroxylation is 2. The summed E-state index contributed by atoms with van der Waals surface area (Å²) in [5.74, 6) is -1.39. The lowest BCUT2D eigenvalue weighted by molar-refractivity contribution is -0.122. The predicted octanol–water partition coefficient (Wildman–Crippen LogP) is 5.41. The molecule has 0 spiro atoms. The number of esters is 1. The maximum atomic E-state index is 13.5. The lowest BCUT2D eigenvalue weighted by Crippen LogP contribution is -2.54. The molecule has 7 nitrogen and oxygen atoms in total. The number of methoxy groups -OCH3 is 1. The molecule has 3 aromatic rings. The van der Waals surface area contributed by atoms with Gasteiger partial charge in [-0.05, 0) is 99.3 Å². The number of rotatable bonds is 4. The number of thiophene rings is 1. The Kier molecular flexibility index (Phi) is 6.91. The Labute approximate surface area is 232 Å². The first-order valence-corrected chi connectivity index (χ1v) is 13.8. The fraction of sp³-hybridized carbons (Fsp3) is 0.259. The van der Waals surface area contributed by atoms with Crippen molar-refractivity contribution >= 4 is 74.1 Å². The minimum Gasteiger partial charge on any atom is -0.465 e. The van der Waals surface area contributed by atoms with Crippen molar-refractivity contribution in [1.29, 1.82) is 0 Å². The van der Waals surface area contributed by atoms with Crippen LogP contribution in [0.3, 0.4) is 0 Å². The van der Waals surface area contributed by atoms with Crippen LogP contribution in [0.15, 0.2) is 40.4 Å². The number of anilines is 1. The molecule has 1 fully saturated rings. The second-order valence-corrected chi connectivity index (χ2v) is 11.4. The molecule has 5 rings (SSSR count). The molecule has 1 aromatic carbocycles. The van der Waals surface area contributed by atoms with Crippen molar-refractivity contribution in [1.82, 2.24) is 9.88 Å². The second-order valence-electron chi connectivity index (χ2n) is 8.98. The first-order valence-electron chi connectivity index (χ1n) is 11.8. The van der Waals surface area contributed by atoms with Crippen molar-refractivity contribution in [3.63, 3.8) is 0 Å². The molecule has 37 heavy (non-hydrogen) atoms. The van der Waals surface area contributed by atoms with Crippen LogP contribution in [0, 0.1) is 13.8 Å². The summed E-state index contributed by atoms with van der Waals surface area (Å²) in [7, 11) is 1.40. The van der Waals surface area contributed by atoms with Gasteiger partial charge in [0.15, 0.2) is 5.11 Å². The molecule has 0 bridgehead atoms. The van der Waals surface area contributed by atoms with Crippen LogP contribution in [0.5, 0.6) is 0 Å². The topological polar surface area (TPSA) is 80.6 Å². The number of ether oxygens (including phenoxy) is 1. The Morgan fingerprint density at radius 1 is 1.16 bits per heavy atom. The van der Waals surface area contributed by atoms with Crippen LogP contribution in [0.2, 0.25) is 0 Å². The number of aromatic nitrogens is 1. The van der Waals surface area contributed by atoms with Crippen LogP contribution in [0.4, 0.5) is 5.69 Å². The van der Waals surface area contributed by atoms with Crippen molar-refractivity contribution in [2.45, 2.75) is 39.5 Å². The zero-order valence-corrected chi connectivity index (χ0v) is 23.7. The van der Waals surface area contributed by atoms with E-state index in [0.717, 1.165) is 52.1 Å². The van der Waals surface area contributed by atoms with Crippen LogP contribution in [0.25, 0.3) is 11.1 Å². The molecule has 0 atom stereocenters. The molecule has 1 saturated heterocycles. The van der Waals surface area contributed by atoms with Gasteiger partial charge in [-0.15, -0.1) is 11.3 Å². The smallest absolute Gasteiger partial charge is 0.341 e. The summed E-state index contributed by atoms with van der Waals surface area (Å²) in [5.41, 5.74) is 4.64. The van der Waals surface area contributed by atoms with Gasteiger partial charge >= 0.3 is 5.97 Å². The number of halogens is 1. The van der Waals surface area contributed by atoms with Crippen LogP contribution in [0.1, 0.15) is 50.6 Å². The molecule has 3 heterocycles. The number of thiocarbonyl (C=S) groups is 1. The zero-order valence-electron chi connectivity index (χ0n) is 20.5. The summed E-state index contributed by atoms with van der Waals surface area (Å²) in [6.07, 6.45) is 5.54. The number of hydrogen-bond donors (Lipinski definition) is 1. The first kappa shape index (κ1) is 25.6. The number of hydrogen-bond acceptors (Lipinski definition) is 6. The predicted molar refractivity (Wildman–Crippen MR) is 151 cm³/mol. The van der Waals surface area contributed by atoms with E-state index in [0.29, 0.717) is 16.8 Å². The SMILES string of the molecule is COC(=O)c1c(-n2c(C)cc(/C=C3\C(=O)NC(=S)N(c4ccc(Br)cc4)C3=O)c2C)sc2c1CCCC2. The van der Waals surface area contributed by atoms with Gasteiger partial charge in [-0.3, -0.25) is 19.8 Å². The Balaban J connectivity index is 1.59. The number of carbonyl (C=O) groups is 3. The van der Waals surface area contributed by atoms with Gasteiger partial charge in [0.2, 0.25) is 0 Å². The first-order chi connectivity index (χ1) is 17.7. The van der Waals surface area contributed by atoms with Crippen LogP contribution in [-0.2, 0) is 27.2 Å². The Morgan fingerprint density at radius 2 is 1.86 bits per heavy atom. The molecule has 10 heteroatoms. The zero-order chi connectivity index (χ0) is 26.4. The lowest BCUT2D eigenvalue weighted by Gasteiger charge is -2.29. The molecule has 0 radical (unpaired) electrons. The summed E-state index contributed by atoms with van der Waals surface area (Å²) in [6.45, 7) is 3.86. The minimum atomic E-state index is -0.546. The Morgan fingerprint density at radius 3 is 2.57 bits per heavy atom. The third kappa shape index (κ3) is 4.47. The monoisotopic (exact) mass is 597 g/mol. The molecular formula is C27H24BrN3O4S2. The Bertz CT molecular complexity index is 1500. The van der Waals surface area contributed by atoms with E-state index in [4.69, 9.17) is 17.0 Å². The average Bonchev–Trinajstić information content (AvgIpc) is 3.38. The molecule has 1 N–H and O–H groups in total. The van der Waals surface area contributed by atoms with Gasteiger partial charge in [-0.2, -0.15) is 0 Å². The van der Waals surface area contributed by atoms with E-state index in [-0.39, 0.29) is 16.7 Å². The molecule has 190 valence electrons. The van der Waals surface area contributed by atoms with E-state index in [1.807, 2.05) is 24.5 Å². The molecular weight excluding hydrogens is 574 g/mol. The summed E-state index contributed by atoms with van der Waals surface area (Å²) in [4.78, 5) is 41.7. The number of benzene rings is 1. The van der Waals surface area contributed by atoms with E-state index in [9.17, 15) is 14.4 Å². The summed E-state index contributed by atoms with van der Waals surface area (Å²) in [6, 6.07) is 9.03. The minimum absolute atomic E-state index is 0.0181. The number of amides is 2. The standard InChI is InChI=1S/C27H24BrN3O4S2/c1-14-12-16(13-20-23(32)29-27(36)31(24(20)33)18-10-8-17(28)9-11-18)15(2)30(14)25-22(26(34)35-3)19-6-4-5-7-21(19)37-25/h8-13H,4-7H2,1-3H3,(H,29,32,36)/b20-13+. The molecule has 0 unspecified atom stereocenters.